The summed E-state index contributed by atoms with van der Waals surface area (Å²) >= 11 is 5.60. The highest BCUT2D eigenvalue weighted by atomic mass is 35.5. The molecule has 2 rings (SSSR count). The molecule has 0 aliphatic carbocycles. The lowest BCUT2D eigenvalue weighted by atomic mass is 10.4. The van der Waals surface area contributed by atoms with Crippen molar-refractivity contribution in [2.24, 2.45) is 7.05 Å². The Morgan fingerprint density at radius 1 is 1.37 bits per heavy atom. The van der Waals surface area contributed by atoms with Gasteiger partial charge in [0.2, 0.25) is 10.0 Å². The maximum absolute atomic E-state index is 11.9. The minimum atomic E-state index is -3.57. The molecule has 0 spiro atoms. The van der Waals surface area contributed by atoms with Crippen molar-refractivity contribution in [2.45, 2.75) is 11.3 Å². The topological polar surface area (TPSA) is 89.8 Å². The summed E-state index contributed by atoms with van der Waals surface area (Å²) in [6, 6.07) is 2.83. The summed E-state index contributed by atoms with van der Waals surface area (Å²) in [5.74, 6) is 0.583. The maximum Gasteiger partial charge on any atom is 0.242 e. The van der Waals surface area contributed by atoms with Gasteiger partial charge in [-0.05, 0) is 12.1 Å². The van der Waals surface area contributed by atoms with Crippen molar-refractivity contribution in [2.75, 3.05) is 6.54 Å². The van der Waals surface area contributed by atoms with Gasteiger partial charge < -0.3 is 0 Å². The van der Waals surface area contributed by atoms with Crippen molar-refractivity contribution >= 4 is 21.6 Å². The predicted octanol–water partition coefficient (Wildman–Crippen LogP) is 0.384. The average Bonchev–Trinajstić information content (AvgIpc) is 2.75. The molecule has 0 aliphatic heterocycles. The van der Waals surface area contributed by atoms with Crippen LogP contribution in [0, 0.1) is 0 Å². The lowest BCUT2D eigenvalue weighted by Gasteiger charge is -2.05. The van der Waals surface area contributed by atoms with Crippen molar-refractivity contribution < 1.29 is 8.42 Å². The summed E-state index contributed by atoms with van der Waals surface area (Å²) in [4.78, 5) is 7.82. The summed E-state index contributed by atoms with van der Waals surface area (Å²) < 4.78 is 27.8. The maximum atomic E-state index is 11.9. The number of nitrogens with one attached hydrogen (secondary N) is 1. The molecule has 0 amide bonds. The highest BCUT2D eigenvalue weighted by Crippen LogP contribution is 2.10. The van der Waals surface area contributed by atoms with Crippen LogP contribution in [0.5, 0.6) is 0 Å². The van der Waals surface area contributed by atoms with E-state index >= 15 is 0 Å². The Labute approximate surface area is 115 Å². The van der Waals surface area contributed by atoms with Crippen LogP contribution in [0.3, 0.4) is 0 Å². The summed E-state index contributed by atoms with van der Waals surface area (Å²) in [7, 11) is -1.82. The predicted molar refractivity (Wildman–Crippen MR) is 69.1 cm³/mol. The number of hydrogen-bond acceptors (Lipinski definition) is 5. The molecule has 0 atom stereocenters. The number of hydrogen-bond donors (Lipinski definition) is 1. The Morgan fingerprint density at radius 2 is 2.16 bits per heavy atom. The monoisotopic (exact) mass is 301 g/mol. The number of aryl methyl sites for hydroxylation is 1. The highest BCUT2D eigenvalue weighted by molar-refractivity contribution is 7.89. The fourth-order valence-corrected chi connectivity index (χ4v) is 2.49. The van der Waals surface area contributed by atoms with Gasteiger partial charge in [-0.2, -0.15) is 5.10 Å². The van der Waals surface area contributed by atoms with Gasteiger partial charge in [0.05, 0.1) is 0 Å². The molecule has 0 fully saturated rings. The van der Waals surface area contributed by atoms with Crippen LogP contribution in [0.2, 0.25) is 5.15 Å². The molecule has 0 aromatic carbocycles. The minimum Gasteiger partial charge on any atom is -0.256 e. The van der Waals surface area contributed by atoms with Gasteiger partial charge in [0.15, 0.2) is 5.82 Å². The van der Waals surface area contributed by atoms with Crippen LogP contribution in [-0.4, -0.2) is 34.7 Å². The number of pyridine rings is 1. The van der Waals surface area contributed by atoms with E-state index in [9.17, 15) is 8.42 Å². The van der Waals surface area contributed by atoms with Crippen molar-refractivity contribution in [3.05, 3.63) is 35.6 Å². The first-order chi connectivity index (χ1) is 8.97. The number of rotatable bonds is 5. The van der Waals surface area contributed by atoms with Crippen LogP contribution in [0.4, 0.5) is 0 Å². The van der Waals surface area contributed by atoms with E-state index in [0.717, 1.165) is 0 Å². The highest BCUT2D eigenvalue weighted by Gasteiger charge is 2.14. The van der Waals surface area contributed by atoms with Crippen LogP contribution in [0.1, 0.15) is 5.82 Å². The first kappa shape index (κ1) is 13.9. The van der Waals surface area contributed by atoms with Gasteiger partial charge in [0.1, 0.15) is 16.4 Å². The van der Waals surface area contributed by atoms with Crippen molar-refractivity contribution in [1.82, 2.24) is 24.5 Å². The zero-order valence-corrected chi connectivity index (χ0v) is 11.7. The van der Waals surface area contributed by atoms with E-state index in [-0.39, 0.29) is 16.6 Å². The molecule has 102 valence electrons. The molecule has 19 heavy (non-hydrogen) atoms. The molecule has 9 heteroatoms. The van der Waals surface area contributed by atoms with E-state index in [4.69, 9.17) is 11.6 Å². The molecule has 2 aromatic heterocycles. The Balaban J connectivity index is 1.96. The molecule has 2 heterocycles. The fraction of sp³-hybridized carbons (Fsp3) is 0.300. The molecule has 0 saturated carbocycles. The molecule has 1 N–H and O–H groups in total. The number of sulfonamides is 1. The van der Waals surface area contributed by atoms with E-state index in [0.29, 0.717) is 12.2 Å². The second-order valence-corrected chi connectivity index (χ2v) is 5.95. The zero-order chi connectivity index (χ0) is 13.9. The number of halogens is 1. The molecule has 7 nitrogen and oxygen atoms in total. The van der Waals surface area contributed by atoms with Crippen molar-refractivity contribution in [3.8, 4) is 0 Å². The van der Waals surface area contributed by atoms with E-state index < -0.39 is 10.0 Å². The Morgan fingerprint density at radius 3 is 2.74 bits per heavy atom. The van der Waals surface area contributed by atoms with E-state index in [1.807, 2.05) is 0 Å². The van der Waals surface area contributed by atoms with Crippen LogP contribution in [-0.2, 0) is 23.5 Å². The van der Waals surface area contributed by atoms with Gasteiger partial charge in [-0.1, -0.05) is 11.6 Å². The van der Waals surface area contributed by atoms with Crippen LogP contribution in [0.25, 0.3) is 0 Å². The van der Waals surface area contributed by atoms with Gasteiger partial charge in [0.25, 0.3) is 0 Å². The Bertz CT molecular complexity index is 653. The van der Waals surface area contributed by atoms with Gasteiger partial charge in [-0.15, -0.1) is 0 Å². The van der Waals surface area contributed by atoms with Crippen molar-refractivity contribution in [3.63, 3.8) is 0 Å². The fourth-order valence-electron chi connectivity index (χ4n) is 1.40. The second kappa shape index (κ2) is 5.64. The Hall–Kier alpha value is -1.51. The lowest BCUT2D eigenvalue weighted by Crippen LogP contribution is -2.26. The van der Waals surface area contributed by atoms with Crippen LogP contribution < -0.4 is 4.72 Å². The molecule has 0 unspecified atom stereocenters. The largest absolute Gasteiger partial charge is 0.256 e. The molecule has 2 aromatic rings. The summed E-state index contributed by atoms with van der Waals surface area (Å²) in [6.45, 7) is 0.217. The van der Waals surface area contributed by atoms with Gasteiger partial charge >= 0.3 is 0 Å². The average molecular weight is 302 g/mol. The smallest absolute Gasteiger partial charge is 0.242 e. The minimum absolute atomic E-state index is 0.0749. The SMILES string of the molecule is Cn1cnc(CCNS(=O)(=O)c2ccc(Cl)nc2)n1. The quantitative estimate of drug-likeness (QED) is 0.807. The third-order valence-corrected chi connectivity index (χ3v) is 3.97. The normalized spacial score (nSPS) is 11.7. The molecule has 0 saturated heterocycles. The van der Waals surface area contributed by atoms with Crippen LogP contribution in [0.15, 0.2) is 29.6 Å². The first-order valence-corrected chi connectivity index (χ1v) is 7.29. The van der Waals surface area contributed by atoms with E-state index in [1.54, 1.807) is 18.1 Å². The molecule has 0 bridgehead atoms. The number of aromatic nitrogens is 4. The lowest BCUT2D eigenvalue weighted by molar-refractivity contribution is 0.580. The third-order valence-electron chi connectivity index (χ3n) is 2.30. The Kier molecular flexibility index (Phi) is 4.13. The van der Waals surface area contributed by atoms with Gasteiger partial charge in [0, 0.05) is 26.2 Å². The van der Waals surface area contributed by atoms with E-state index in [2.05, 4.69) is 19.8 Å². The summed E-state index contributed by atoms with van der Waals surface area (Å²) in [5, 5.41) is 4.30. The van der Waals surface area contributed by atoms with Gasteiger partial charge in [-0.25, -0.2) is 23.1 Å². The zero-order valence-electron chi connectivity index (χ0n) is 10.1. The molecule has 0 aliphatic rings. The third kappa shape index (κ3) is 3.72. The molecular weight excluding hydrogens is 290 g/mol. The van der Waals surface area contributed by atoms with E-state index in [1.165, 1.54) is 18.3 Å². The van der Waals surface area contributed by atoms with Crippen molar-refractivity contribution in [1.29, 1.82) is 0 Å². The van der Waals surface area contributed by atoms with Gasteiger partial charge in [-0.3, -0.25) is 4.68 Å². The molecular formula is C10H12ClN5O2S. The second-order valence-electron chi connectivity index (χ2n) is 3.80. The summed E-state index contributed by atoms with van der Waals surface area (Å²) in [6.07, 6.45) is 3.19. The number of nitrogens with zero attached hydrogens (tertiary/aromatic N) is 4. The summed E-state index contributed by atoms with van der Waals surface area (Å²) in [5.41, 5.74) is 0. The molecule has 0 radical (unpaired) electrons. The van der Waals surface area contributed by atoms with Crippen LogP contribution >= 0.6 is 11.6 Å². The standard InChI is InChI=1S/C10H12ClN5O2S/c1-16-7-13-10(15-16)4-5-14-19(17,18)8-2-3-9(11)12-6-8/h2-3,6-7,14H,4-5H2,1H3. The first-order valence-electron chi connectivity index (χ1n) is 5.43.